The standard InChI is InChI=1S/C41H53F3N4O9S/c1-21-31-20-48(34(21)29(49)19-41(18-25(41)35(43)44)38(52)47-58(53,54)40(5)13-14-40)37(51)24(39(2,3)4)17-32(50)56-30-15-22(30)9-7-8-10-26(42)33-36(57-31)46-28-16-23(55-6)11-12-27(28)45-33/h11-12,16,21-22,24-26,30-31,34-35H,7-10,13-15,17-20H2,1-6H3,(H,47,52)/t21-,22-,24-,25+,26?,30-,31+,34?,41-/m1/s1. The summed E-state index contributed by atoms with van der Waals surface area (Å²) in [4.78, 5) is 67.1. The Labute approximate surface area is 336 Å². The molecule has 1 N–H and O–H groups in total. The van der Waals surface area contributed by atoms with Gasteiger partial charge in [-0.25, -0.2) is 31.6 Å². The van der Waals surface area contributed by atoms with Gasteiger partial charge >= 0.3 is 5.97 Å². The average Bonchev–Trinajstić information content (AvgIpc) is 4.10. The number of rotatable bonds is 8. The monoisotopic (exact) mass is 834 g/mol. The number of nitrogens with one attached hydrogen (secondary N) is 1. The van der Waals surface area contributed by atoms with E-state index in [1.165, 1.54) is 18.9 Å². The van der Waals surface area contributed by atoms with Gasteiger partial charge in [-0.1, -0.05) is 40.5 Å². The molecular weight excluding hydrogens is 782 g/mol. The molecule has 2 bridgehead atoms. The second-order valence-corrected chi connectivity index (χ2v) is 20.6. The summed E-state index contributed by atoms with van der Waals surface area (Å²) >= 11 is 0. The minimum atomic E-state index is -4.23. The molecular formula is C41H53F3N4O9S. The van der Waals surface area contributed by atoms with Gasteiger partial charge in [-0.05, 0) is 68.9 Å². The van der Waals surface area contributed by atoms with Crippen molar-refractivity contribution >= 4 is 44.6 Å². The molecule has 2 amide bonds. The summed E-state index contributed by atoms with van der Waals surface area (Å²) in [6.07, 6.45) is -4.15. The van der Waals surface area contributed by atoms with Gasteiger partial charge in [0.15, 0.2) is 5.78 Å². The van der Waals surface area contributed by atoms with Gasteiger partial charge in [0, 0.05) is 24.3 Å². The fraction of sp³-hybridized carbons (Fsp3) is 0.707. The van der Waals surface area contributed by atoms with E-state index in [9.17, 15) is 36.4 Å². The number of carbonyl (C=O) groups is 4. The Morgan fingerprint density at radius 1 is 1.07 bits per heavy atom. The van der Waals surface area contributed by atoms with E-state index in [1.54, 1.807) is 45.9 Å². The number of amides is 2. The van der Waals surface area contributed by atoms with Crippen molar-refractivity contribution in [3.63, 3.8) is 0 Å². The molecule has 7 rings (SSSR count). The number of hydrogen-bond donors (Lipinski definition) is 1. The number of alkyl halides is 3. The van der Waals surface area contributed by atoms with Gasteiger partial charge in [0.2, 0.25) is 34.1 Å². The number of carbonyl (C=O) groups excluding carboxylic acids is 4. The van der Waals surface area contributed by atoms with Crippen LogP contribution in [0.2, 0.25) is 0 Å². The van der Waals surface area contributed by atoms with Crippen molar-refractivity contribution in [2.45, 2.75) is 134 Å². The lowest BCUT2D eigenvalue weighted by atomic mass is 9.77. The summed E-state index contributed by atoms with van der Waals surface area (Å²) in [5, 5.41) is 0. The number of ether oxygens (including phenoxy) is 3. The predicted octanol–water partition coefficient (Wildman–Crippen LogP) is 6.03. The topological polar surface area (TPSA) is 171 Å². The summed E-state index contributed by atoms with van der Waals surface area (Å²) in [5.74, 6) is -6.09. The number of halogens is 3. The molecule has 2 aromatic rings. The van der Waals surface area contributed by atoms with Crippen LogP contribution in [-0.4, -0.2) is 89.9 Å². The van der Waals surface area contributed by atoms with E-state index < -0.39 is 105 Å². The number of Topliss-reactive ketones (excluding diaryl/α,β-unsaturated/α-hetero) is 1. The van der Waals surface area contributed by atoms with Crippen molar-refractivity contribution in [1.82, 2.24) is 19.6 Å². The molecule has 2 unspecified atom stereocenters. The molecule has 4 fully saturated rings. The fourth-order valence-corrected chi connectivity index (χ4v) is 10.0. The minimum absolute atomic E-state index is 0.0524. The van der Waals surface area contributed by atoms with E-state index in [4.69, 9.17) is 14.2 Å². The van der Waals surface area contributed by atoms with E-state index in [-0.39, 0.29) is 43.0 Å². The van der Waals surface area contributed by atoms with Crippen LogP contribution in [0.5, 0.6) is 11.6 Å². The Morgan fingerprint density at radius 3 is 2.41 bits per heavy atom. The first kappa shape index (κ1) is 42.1. The second-order valence-electron chi connectivity index (χ2n) is 18.4. The molecule has 13 nitrogen and oxygen atoms in total. The number of sulfonamides is 1. The number of benzene rings is 1. The quantitative estimate of drug-likeness (QED) is 0.308. The van der Waals surface area contributed by atoms with Crippen molar-refractivity contribution in [1.29, 1.82) is 0 Å². The fourth-order valence-electron chi connectivity index (χ4n) is 8.69. The van der Waals surface area contributed by atoms with Crippen LogP contribution in [0, 0.1) is 34.5 Å². The van der Waals surface area contributed by atoms with Crippen LogP contribution in [0.15, 0.2) is 18.2 Å². The number of esters is 1. The minimum Gasteiger partial charge on any atom is -0.497 e. The number of ketones is 1. The molecule has 1 saturated heterocycles. The van der Waals surface area contributed by atoms with Gasteiger partial charge in [0.25, 0.3) is 0 Å². The third kappa shape index (κ3) is 8.12. The average molecular weight is 835 g/mol. The van der Waals surface area contributed by atoms with Gasteiger partial charge in [0.05, 0.1) is 53.2 Å². The molecule has 3 saturated carbocycles. The number of aromatic nitrogens is 2. The molecule has 2 aliphatic heterocycles. The molecule has 1 aromatic carbocycles. The zero-order valence-corrected chi connectivity index (χ0v) is 34.6. The highest BCUT2D eigenvalue weighted by Crippen LogP contribution is 2.59. The first-order valence-electron chi connectivity index (χ1n) is 20.2. The number of methoxy groups -OCH3 is 1. The Hall–Kier alpha value is -4.02. The normalized spacial score (nSPS) is 32.6. The van der Waals surface area contributed by atoms with Gasteiger partial charge in [-0.15, -0.1) is 0 Å². The van der Waals surface area contributed by atoms with Crippen LogP contribution < -0.4 is 14.2 Å². The zero-order valence-electron chi connectivity index (χ0n) is 33.8. The maximum atomic E-state index is 16.3. The third-order valence-corrected chi connectivity index (χ3v) is 15.3. The lowest BCUT2D eigenvalue weighted by Crippen LogP contribution is -2.50. The van der Waals surface area contributed by atoms with Gasteiger partial charge in [0.1, 0.15) is 29.8 Å². The molecule has 0 radical (unpaired) electrons. The highest BCUT2D eigenvalue weighted by atomic mass is 32.2. The van der Waals surface area contributed by atoms with Crippen LogP contribution in [0.25, 0.3) is 11.0 Å². The van der Waals surface area contributed by atoms with Crippen LogP contribution in [0.4, 0.5) is 13.2 Å². The molecule has 5 aliphatic rings. The van der Waals surface area contributed by atoms with Gasteiger partial charge in [-0.3, -0.25) is 23.9 Å². The lowest BCUT2D eigenvalue weighted by Gasteiger charge is -2.35. The molecule has 3 heterocycles. The third-order valence-electron chi connectivity index (χ3n) is 13.2. The maximum Gasteiger partial charge on any atom is 0.306 e. The molecule has 58 heavy (non-hydrogen) atoms. The summed E-state index contributed by atoms with van der Waals surface area (Å²) in [7, 11) is -2.74. The summed E-state index contributed by atoms with van der Waals surface area (Å²) in [6.45, 7) is 8.19. The number of fused-ring (bicyclic) bond motifs is 5. The Kier molecular flexibility index (Phi) is 11.1. The molecule has 1 aromatic heterocycles. The van der Waals surface area contributed by atoms with Crippen molar-refractivity contribution in [2.75, 3.05) is 13.7 Å². The first-order valence-corrected chi connectivity index (χ1v) is 21.7. The lowest BCUT2D eigenvalue weighted by molar-refractivity contribution is -0.154. The molecule has 17 heteroatoms. The largest absolute Gasteiger partial charge is 0.497 e. The van der Waals surface area contributed by atoms with E-state index >= 15 is 4.39 Å². The van der Waals surface area contributed by atoms with Crippen molar-refractivity contribution < 1.29 is 55.0 Å². The van der Waals surface area contributed by atoms with Gasteiger partial charge in [-0.2, -0.15) is 0 Å². The van der Waals surface area contributed by atoms with Crippen LogP contribution in [0.3, 0.4) is 0 Å². The molecule has 318 valence electrons. The maximum absolute atomic E-state index is 16.3. The highest BCUT2D eigenvalue weighted by Gasteiger charge is 2.67. The van der Waals surface area contributed by atoms with E-state index in [1.807, 2.05) is 4.72 Å². The molecule has 0 spiro atoms. The predicted molar refractivity (Wildman–Crippen MR) is 204 cm³/mol. The second kappa shape index (κ2) is 15.2. The van der Waals surface area contributed by atoms with Crippen molar-refractivity contribution in [3.8, 4) is 11.6 Å². The van der Waals surface area contributed by atoms with E-state index in [0.29, 0.717) is 48.9 Å². The summed E-state index contributed by atoms with van der Waals surface area (Å²) in [5.41, 5.74) is -2.16. The van der Waals surface area contributed by atoms with Gasteiger partial charge < -0.3 is 19.1 Å². The summed E-state index contributed by atoms with van der Waals surface area (Å²) < 4.78 is 89.5. The Balaban J connectivity index is 1.26. The Bertz CT molecular complexity index is 2090. The zero-order chi connectivity index (χ0) is 42.1. The first-order chi connectivity index (χ1) is 27.2. The molecule has 3 aliphatic carbocycles. The Morgan fingerprint density at radius 2 is 1.78 bits per heavy atom. The van der Waals surface area contributed by atoms with Crippen LogP contribution in [0.1, 0.15) is 111 Å². The van der Waals surface area contributed by atoms with E-state index in [2.05, 4.69) is 9.97 Å². The SMILES string of the molecule is COc1ccc2nc3c(nc2c1)O[C@H]1CN(C(=O)[C@H](C(C)(C)C)CC(=O)O[C@@H]2C[C@H]2CCCCC3F)C(C(=O)C[C@]2(C(=O)NS(=O)(=O)C3(C)CC3)C[C@H]2C(F)F)[C@@H]1C. The highest BCUT2D eigenvalue weighted by molar-refractivity contribution is 7.91. The van der Waals surface area contributed by atoms with Crippen molar-refractivity contribution in [2.24, 2.45) is 34.5 Å². The van der Waals surface area contributed by atoms with Crippen LogP contribution in [-0.2, 0) is 33.9 Å². The van der Waals surface area contributed by atoms with E-state index in [0.717, 1.165) is 6.42 Å². The number of hydrogen-bond acceptors (Lipinski definition) is 11. The summed E-state index contributed by atoms with van der Waals surface area (Å²) in [6, 6.07) is 3.59. The number of nitrogens with zero attached hydrogens (tertiary/aromatic N) is 3. The van der Waals surface area contributed by atoms with Crippen molar-refractivity contribution in [3.05, 3.63) is 23.9 Å². The smallest absolute Gasteiger partial charge is 0.306 e. The molecule has 9 atom stereocenters. The van der Waals surface area contributed by atoms with Crippen LogP contribution >= 0.6 is 0 Å².